The molecule has 0 aromatic heterocycles. The summed E-state index contributed by atoms with van der Waals surface area (Å²) >= 11 is 3.50. The van der Waals surface area contributed by atoms with Gasteiger partial charge in [0.1, 0.15) is 17.1 Å². The Morgan fingerprint density at radius 1 is 1.31 bits per heavy atom. The van der Waals surface area contributed by atoms with E-state index in [0.29, 0.717) is 12.2 Å². The van der Waals surface area contributed by atoms with Gasteiger partial charge in [-0.2, -0.15) is 0 Å². The van der Waals surface area contributed by atoms with Gasteiger partial charge < -0.3 is 14.8 Å². The Morgan fingerprint density at radius 2 is 2.08 bits per heavy atom. The van der Waals surface area contributed by atoms with Gasteiger partial charge >= 0.3 is 0 Å². The molecule has 26 heavy (non-hydrogen) atoms. The number of rotatable bonds is 5. The van der Waals surface area contributed by atoms with Crippen LogP contribution in [0.15, 0.2) is 46.9 Å². The summed E-state index contributed by atoms with van der Waals surface area (Å²) in [5.41, 5.74) is 1.90. The van der Waals surface area contributed by atoms with Crippen LogP contribution < -0.4 is 14.8 Å². The molecule has 0 saturated carbocycles. The minimum Gasteiger partial charge on any atom is -0.487 e. The van der Waals surface area contributed by atoms with Crippen LogP contribution in [-0.2, 0) is 11.2 Å². The van der Waals surface area contributed by atoms with E-state index in [4.69, 9.17) is 9.47 Å². The highest BCUT2D eigenvalue weighted by atomic mass is 79.9. The number of nitrogens with one attached hydrogen (secondary N) is 1. The summed E-state index contributed by atoms with van der Waals surface area (Å²) in [5.74, 6) is 1.35. The van der Waals surface area contributed by atoms with E-state index in [-0.39, 0.29) is 24.2 Å². The molecule has 3 rings (SSSR count). The van der Waals surface area contributed by atoms with Crippen LogP contribution in [0.3, 0.4) is 0 Å². The van der Waals surface area contributed by atoms with Crippen molar-refractivity contribution in [3.63, 3.8) is 0 Å². The van der Waals surface area contributed by atoms with E-state index in [1.54, 1.807) is 0 Å². The van der Waals surface area contributed by atoms with Gasteiger partial charge in [-0.1, -0.05) is 31.2 Å². The molecule has 0 aliphatic carbocycles. The lowest BCUT2D eigenvalue weighted by atomic mass is 9.90. The van der Waals surface area contributed by atoms with Crippen molar-refractivity contribution in [3.8, 4) is 11.5 Å². The predicted molar refractivity (Wildman–Crippen MR) is 106 cm³/mol. The first-order valence-corrected chi connectivity index (χ1v) is 9.66. The second-order valence-electron chi connectivity index (χ2n) is 7.13. The van der Waals surface area contributed by atoms with Crippen molar-refractivity contribution in [1.82, 2.24) is 5.32 Å². The first kappa shape index (κ1) is 18.8. The van der Waals surface area contributed by atoms with Crippen LogP contribution in [0.25, 0.3) is 0 Å². The van der Waals surface area contributed by atoms with E-state index in [9.17, 15) is 4.79 Å². The van der Waals surface area contributed by atoms with Gasteiger partial charge in [0, 0.05) is 12.0 Å². The molecule has 2 aromatic carbocycles. The fourth-order valence-corrected chi connectivity index (χ4v) is 3.73. The van der Waals surface area contributed by atoms with Crippen molar-refractivity contribution in [3.05, 3.63) is 58.1 Å². The highest BCUT2D eigenvalue weighted by Gasteiger charge is 2.34. The molecule has 0 saturated heterocycles. The second-order valence-corrected chi connectivity index (χ2v) is 7.99. The van der Waals surface area contributed by atoms with Crippen LogP contribution in [0.2, 0.25) is 0 Å². The van der Waals surface area contributed by atoms with Crippen molar-refractivity contribution in [2.45, 2.75) is 45.3 Å². The van der Waals surface area contributed by atoms with Crippen molar-refractivity contribution in [1.29, 1.82) is 0 Å². The standard InChI is InChI=1S/C21H24BrNO3/c1-4-14-9-10-19(16(22)11-14)25-13-20(24)23-17-12-21(2,3)26-18-8-6-5-7-15(17)18/h5-11,17H,4,12-13H2,1-3H3,(H,23,24)/t17-/m0/s1. The van der Waals surface area contributed by atoms with E-state index < -0.39 is 0 Å². The summed E-state index contributed by atoms with van der Waals surface area (Å²) in [6, 6.07) is 13.7. The average molecular weight is 418 g/mol. The van der Waals surface area contributed by atoms with Gasteiger partial charge in [0.05, 0.1) is 10.5 Å². The Balaban J connectivity index is 1.65. The molecule has 0 fully saturated rings. The van der Waals surface area contributed by atoms with E-state index in [2.05, 4.69) is 28.2 Å². The molecular weight excluding hydrogens is 394 g/mol. The van der Waals surface area contributed by atoms with Gasteiger partial charge in [-0.25, -0.2) is 0 Å². The molecule has 0 spiro atoms. The van der Waals surface area contributed by atoms with E-state index >= 15 is 0 Å². The van der Waals surface area contributed by atoms with E-state index in [1.165, 1.54) is 5.56 Å². The van der Waals surface area contributed by atoms with Crippen LogP contribution in [-0.4, -0.2) is 18.1 Å². The number of amides is 1. The lowest BCUT2D eigenvalue weighted by molar-refractivity contribution is -0.124. The normalized spacial score (nSPS) is 17.8. The second kappa shape index (κ2) is 7.70. The fourth-order valence-electron chi connectivity index (χ4n) is 3.19. The zero-order valence-electron chi connectivity index (χ0n) is 15.3. The number of fused-ring (bicyclic) bond motifs is 1. The third kappa shape index (κ3) is 4.39. The van der Waals surface area contributed by atoms with E-state index in [1.807, 2.05) is 56.3 Å². The summed E-state index contributed by atoms with van der Waals surface area (Å²) in [6.45, 7) is 6.14. The van der Waals surface area contributed by atoms with Crippen LogP contribution in [0, 0.1) is 0 Å². The van der Waals surface area contributed by atoms with Crippen molar-refractivity contribution in [2.75, 3.05) is 6.61 Å². The van der Waals surface area contributed by atoms with Gasteiger partial charge in [-0.05, 0) is 60.0 Å². The first-order chi connectivity index (χ1) is 12.4. The summed E-state index contributed by atoms with van der Waals surface area (Å²) < 4.78 is 12.6. The van der Waals surface area contributed by atoms with Gasteiger partial charge in [-0.15, -0.1) is 0 Å². The van der Waals surface area contributed by atoms with Gasteiger partial charge in [0.2, 0.25) is 0 Å². The number of carbonyl (C=O) groups excluding carboxylic acids is 1. The predicted octanol–water partition coefficient (Wildman–Crippen LogP) is 4.81. The molecule has 1 N–H and O–H groups in total. The first-order valence-electron chi connectivity index (χ1n) is 8.86. The zero-order valence-corrected chi connectivity index (χ0v) is 16.9. The maximum absolute atomic E-state index is 12.4. The number of aryl methyl sites for hydroxylation is 1. The summed E-state index contributed by atoms with van der Waals surface area (Å²) in [6.07, 6.45) is 1.67. The molecule has 2 aromatic rings. The van der Waals surface area contributed by atoms with Gasteiger partial charge in [-0.3, -0.25) is 4.79 Å². The molecule has 1 aliphatic heterocycles. The van der Waals surface area contributed by atoms with Gasteiger partial charge in [0.25, 0.3) is 5.91 Å². The Kier molecular flexibility index (Phi) is 5.56. The number of benzene rings is 2. The molecule has 0 radical (unpaired) electrons. The lowest BCUT2D eigenvalue weighted by Crippen LogP contribution is -2.42. The molecule has 138 valence electrons. The molecular formula is C21H24BrNO3. The fraction of sp³-hybridized carbons (Fsp3) is 0.381. The molecule has 1 atom stereocenters. The highest BCUT2D eigenvalue weighted by molar-refractivity contribution is 9.10. The number of halogens is 1. The number of ether oxygens (including phenoxy) is 2. The largest absolute Gasteiger partial charge is 0.487 e. The summed E-state index contributed by atoms with van der Waals surface area (Å²) in [4.78, 5) is 12.4. The molecule has 1 amide bonds. The Hall–Kier alpha value is -2.01. The number of para-hydroxylation sites is 1. The number of hydrogen-bond donors (Lipinski definition) is 1. The molecule has 1 aliphatic rings. The lowest BCUT2D eigenvalue weighted by Gasteiger charge is -2.37. The molecule has 5 heteroatoms. The monoisotopic (exact) mass is 417 g/mol. The zero-order chi connectivity index (χ0) is 18.7. The maximum atomic E-state index is 12.4. The molecule has 4 nitrogen and oxygen atoms in total. The minimum absolute atomic E-state index is 0.0238. The minimum atomic E-state index is -0.327. The Morgan fingerprint density at radius 3 is 2.81 bits per heavy atom. The van der Waals surface area contributed by atoms with Crippen LogP contribution in [0.4, 0.5) is 0 Å². The number of carbonyl (C=O) groups is 1. The smallest absolute Gasteiger partial charge is 0.258 e. The maximum Gasteiger partial charge on any atom is 0.258 e. The van der Waals surface area contributed by atoms with Crippen LogP contribution in [0.1, 0.15) is 44.4 Å². The third-order valence-electron chi connectivity index (χ3n) is 4.47. The number of hydrogen-bond acceptors (Lipinski definition) is 3. The van der Waals surface area contributed by atoms with Crippen LogP contribution >= 0.6 is 15.9 Å². The average Bonchev–Trinajstić information content (AvgIpc) is 2.59. The SMILES string of the molecule is CCc1ccc(OCC(=O)N[C@H]2CC(C)(C)Oc3ccccc32)c(Br)c1. The van der Waals surface area contributed by atoms with Crippen molar-refractivity contribution < 1.29 is 14.3 Å². The molecule has 0 bridgehead atoms. The quantitative estimate of drug-likeness (QED) is 0.758. The van der Waals surface area contributed by atoms with E-state index in [0.717, 1.165) is 22.2 Å². The van der Waals surface area contributed by atoms with Crippen molar-refractivity contribution in [2.24, 2.45) is 0 Å². The van der Waals surface area contributed by atoms with Gasteiger partial charge in [0.15, 0.2) is 6.61 Å². The topological polar surface area (TPSA) is 47.6 Å². The summed E-state index contributed by atoms with van der Waals surface area (Å²) in [7, 11) is 0. The molecule has 1 heterocycles. The molecule has 0 unspecified atom stereocenters. The third-order valence-corrected chi connectivity index (χ3v) is 5.09. The van der Waals surface area contributed by atoms with Crippen molar-refractivity contribution >= 4 is 21.8 Å². The van der Waals surface area contributed by atoms with Crippen LogP contribution in [0.5, 0.6) is 11.5 Å². The Bertz CT molecular complexity index is 804. The highest BCUT2D eigenvalue weighted by Crippen LogP contribution is 2.39. The summed E-state index contributed by atoms with van der Waals surface area (Å²) in [5, 5.41) is 3.08. The Labute approximate surface area is 163 Å².